The summed E-state index contributed by atoms with van der Waals surface area (Å²) in [6, 6.07) is 5.26. The second-order valence-electron chi connectivity index (χ2n) is 3.54. The van der Waals surface area contributed by atoms with Gasteiger partial charge in [-0.1, -0.05) is 0 Å². The summed E-state index contributed by atoms with van der Waals surface area (Å²) in [7, 11) is 0. The lowest BCUT2D eigenvalue weighted by Gasteiger charge is -2.09. The van der Waals surface area contributed by atoms with E-state index >= 15 is 0 Å². The molecule has 0 aliphatic heterocycles. The Morgan fingerprint density at radius 1 is 1.53 bits per heavy atom. The van der Waals surface area contributed by atoms with Crippen molar-refractivity contribution in [1.82, 2.24) is 5.32 Å². The van der Waals surface area contributed by atoms with E-state index in [2.05, 4.69) is 5.32 Å². The van der Waals surface area contributed by atoms with E-state index in [1.54, 1.807) is 18.2 Å². The van der Waals surface area contributed by atoms with E-state index in [4.69, 9.17) is 10.8 Å². The fourth-order valence-corrected chi connectivity index (χ4v) is 2.38. The third-order valence-electron chi connectivity index (χ3n) is 2.15. The molecule has 0 aliphatic carbocycles. The zero-order valence-corrected chi connectivity index (χ0v) is 10.7. The number of hydrogen-bond acceptors (Lipinski definition) is 4. The monoisotopic (exact) mass is 254 g/mol. The van der Waals surface area contributed by atoms with Crippen molar-refractivity contribution in [2.75, 3.05) is 24.6 Å². The number of hydrogen-bond donors (Lipinski definition) is 3. The van der Waals surface area contributed by atoms with E-state index in [9.17, 15) is 4.79 Å². The quantitative estimate of drug-likeness (QED) is 0.408. The lowest BCUT2D eigenvalue weighted by Crippen LogP contribution is -2.23. The number of benzene rings is 1. The SMILES string of the molecule is CCNC(=O)c1ccc(N)cc1SCCCO. The first-order valence-electron chi connectivity index (χ1n) is 5.60. The minimum atomic E-state index is -0.0843. The van der Waals surface area contributed by atoms with Crippen LogP contribution < -0.4 is 11.1 Å². The number of thioether (sulfide) groups is 1. The van der Waals surface area contributed by atoms with Crippen molar-refractivity contribution in [2.45, 2.75) is 18.2 Å². The molecule has 0 saturated carbocycles. The van der Waals surface area contributed by atoms with Crippen LogP contribution in [0.1, 0.15) is 23.7 Å². The molecule has 0 atom stereocenters. The third-order valence-corrected chi connectivity index (χ3v) is 3.29. The normalized spacial score (nSPS) is 10.2. The molecule has 4 nitrogen and oxygen atoms in total. The van der Waals surface area contributed by atoms with Crippen LogP contribution in [0.2, 0.25) is 0 Å². The van der Waals surface area contributed by atoms with E-state index < -0.39 is 0 Å². The molecule has 0 heterocycles. The molecule has 0 spiro atoms. The average Bonchev–Trinajstić information content (AvgIpc) is 2.30. The molecule has 0 aromatic heterocycles. The number of nitrogens with one attached hydrogen (secondary N) is 1. The summed E-state index contributed by atoms with van der Waals surface area (Å²) >= 11 is 1.54. The van der Waals surface area contributed by atoms with Crippen LogP contribution in [0.4, 0.5) is 5.69 Å². The molecule has 1 aromatic carbocycles. The summed E-state index contributed by atoms with van der Waals surface area (Å²) < 4.78 is 0. The Hall–Kier alpha value is -1.20. The van der Waals surface area contributed by atoms with Gasteiger partial charge in [-0.25, -0.2) is 0 Å². The van der Waals surface area contributed by atoms with E-state index in [0.717, 1.165) is 10.6 Å². The molecular weight excluding hydrogens is 236 g/mol. The van der Waals surface area contributed by atoms with Gasteiger partial charge in [-0.05, 0) is 31.5 Å². The molecule has 4 N–H and O–H groups in total. The van der Waals surface area contributed by atoms with E-state index in [1.807, 2.05) is 6.92 Å². The highest BCUT2D eigenvalue weighted by Gasteiger charge is 2.11. The van der Waals surface area contributed by atoms with Crippen molar-refractivity contribution in [3.05, 3.63) is 23.8 Å². The number of aliphatic hydroxyl groups excluding tert-OH is 1. The summed E-state index contributed by atoms with van der Waals surface area (Å²) in [5.41, 5.74) is 7.00. The molecule has 1 rings (SSSR count). The summed E-state index contributed by atoms with van der Waals surface area (Å²) in [5, 5.41) is 11.5. The number of amides is 1. The summed E-state index contributed by atoms with van der Waals surface area (Å²) in [5.74, 6) is 0.686. The predicted octanol–water partition coefficient (Wildman–Crippen LogP) is 1.49. The molecule has 5 heteroatoms. The second-order valence-corrected chi connectivity index (χ2v) is 4.68. The Kier molecular flexibility index (Phi) is 5.86. The van der Waals surface area contributed by atoms with Crippen LogP contribution in [0.15, 0.2) is 23.1 Å². The van der Waals surface area contributed by atoms with Crippen LogP contribution in [-0.2, 0) is 0 Å². The van der Waals surface area contributed by atoms with Gasteiger partial charge in [0.15, 0.2) is 0 Å². The van der Waals surface area contributed by atoms with E-state index in [1.165, 1.54) is 11.8 Å². The minimum absolute atomic E-state index is 0.0843. The van der Waals surface area contributed by atoms with Crippen LogP contribution in [0, 0.1) is 0 Å². The molecule has 0 aliphatic rings. The first kappa shape index (κ1) is 13.9. The van der Waals surface area contributed by atoms with Crippen LogP contribution >= 0.6 is 11.8 Å². The maximum atomic E-state index is 11.8. The molecular formula is C12H18N2O2S. The molecule has 1 aromatic rings. The number of aliphatic hydroxyl groups is 1. The Labute approximate surface area is 106 Å². The lowest BCUT2D eigenvalue weighted by molar-refractivity contribution is 0.0953. The van der Waals surface area contributed by atoms with Crippen LogP contribution in [-0.4, -0.2) is 29.9 Å². The maximum Gasteiger partial charge on any atom is 0.252 e. The van der Waals surface area contributed by atoms with Gasteiger partial charge >= 0.3 is 0 Å². The number of carbonyl (C=O) groups is 1. The van der Waals surface area contributed by atoms with Crippen LogP contribution in [0.5, 0.6) is 0 Å². The van der Waals surface area contributed by atoms with Crippen molar-refractivity contribution < 1.29 is 9.90 Å². The lowest BCUT2D eigenvalue weighted by atomic mass is 10.2. The van der Waals surface area contributed by atoms with Crippen LogP contribution in [0.25, 0.3) is 0 Å². The van der Waals surface area contributed by atoms with Gasteiger partial charge in [0.25, 0.3) is 5.91 Å². The Bertz CT molecular complexity index is 383. The fraction of sp³-hybridized carbons (Fsp3) is 0.417. The molecule has 0 saturated heterocycles. The molecule has 94 valence electrons. The zero-order valence-electron chi connectivity index (χ0n) is 9.90. The van der Waals surface area contributed by atoms with Gasteiger partial charge in [0.05, 0.1) is 5.56 Å². The number of nitrogens with two attached hydrogens (primary N) is 1. The van der Waals surface area contributed by atoms with Crippen molar-refractivity contribution >= 4 is 23.4 Å². The Morgan fingerprint density at radius 2 is 2.29 bits per heavy atom. The molecule has 0 radical (unpaired) electrons. The molecule has 17 heavy (non-hydrogen) atoms. The molecule has 0 bridgehead atoms. The molecule has 0 fully saturated rings. The van der Waals surface area contributed by atoms with Gasteiger partial charge in [-0.3, -0.25) is 4.79 Å². The van der Waals surface area contributed by atoms with Gasteiger partial charge in [-0.15, -0.1) is 11.8 Å². The Balaban J connectivity index is 2.83. The summed E-state index contributed by atoms with van der Waals surface area (Å²) in [4.78, 5) is 12.7. The Morgan fingerprint density at radius 3 is 2.94 bits per heavy atom. The van der Waals surface area contributed by atoms with Gasteiger partial charge in [0.1, 0.15) is 0 Å². The van der Waals surface area contributed by atoms with Gasteiger partial charge in [0, 0.05) is 29.5 Å². The first-order chi connectivity index (χ1) is 8.19. The zero-order chi connectivity index (χ0) is 12.7. The van der Waals surface area contributed by atoms with Gasteiger partial charge in [-0.2, -0.15) is 0 Å². The minimum Gasteiger partial charge on any atom is -0.399 e. The molecule has 0 unspecified atom stereocenters. The standard InChI is InChI=1S/C12H18N2O2S/c1-2-14-12(16)10-5-4-9(13)8-11(10)17-7-3-6-15/h4-5,8,15H,2-3,6-7,13H2,1H3,(H,14,16). The highest BCUT2D eigenvalue weighted by Crippen LogP contribution is 2.25. The smallest absolute Gasteiger partial charge is 0.252 e. The van der Waals surface area contributed by atoms with Crippen molar-refractivity contribution in [3.63, 3.8) is 0 Å². The second kappa shape index (κ2) is 7.19. The highest BCUT2D eigenvalue weighted by atomic mass is 32.2. The fourth-order valence-electron chi connectivity index (χ4n) is 1.35. The number of carbonyl (C=O) groups excluding carboxylic acids is 1. The first-order valence-corrected chi connectivity index (χ1v) is 6.59. The van der Waals surface area contributed by atoms with Crippen LogP contribution in [0.3, 0.4) is 0 Å². The topological polar surface area (TPSA) is 75.4 Å². The summed E-state index contributed by atoms with van der Waals surface area (Å²) in [6.45, 7) is 2.64. The van der Waals surface area contributed by atoms with E-state index in [0.29, 0.717) is 24.2 Å². The largest absolute Gasteiger partial charge is 0.399 e. The maximum absolute atomic E-state index is 11.8. The van der Waals surface area contributed by atoms with Crippen molar-refractivity contribution in [2.24, 2.45) is 0 Å². The molecule has 1 amide bonds. The number of rotatable bonds is 6. The van der Waals surface area contributed by atoms with Gasteiger partial charge in [0.2, 0.25) is 0 Å². The van der Waals surface area contributed by atoms with E-state index in [-0.39, 0.29) is 12.5 Å². The third kappa shape index (κ3) is 4.28. The van der Waals surface area contributed by atoms with Crippen molar-refractivity contribution in [1.29, 1.82) is 0 Å². The van der Waals surface area contributed by atoms with Gasteiger partial charge < -0.3 is 16.2 Å². The average molecular weight is 254 g/mol. The number of anilines is 1. The highest BCUT2D eigenvalue weighted by molar-refractivity contribution is 7.99. The van der Waals surface area contributed by atoms with Crippen molar-refractivity contribution in [3.8, 4) is 0 Å². The number of nitrogen functional groups attached to an aromatic ring is 1. The summed E-state index contributed by atoms with van der Waals surface area (Å²) in [6.07, 6.45) is 0.703. The predicted molar refractivity (Wildman–Crippen MR) is 71.3 cm³/mol.